The third-order valence-electron chi connectivity index (χ3n) is 1.93. The van der Waals surface area contributed by atoms with E-state index in [4.69, 9.17) is 4.74 Å². The Bertz CT molecular complexity index is 403. The summed E-state index contributed by atoms with van der Waals surface area (Å²) in [4.78, 5) is 22.1. The second kappa shape index (κ2) is 4.13. The van der Waals surface area contributed by atoms with Gasteiger partial charge in [-0.1, -0.05) is 0 Å². The van der Waals surface area contributed by atoms with Crippen LogP contribution in [0.2, 0.25) is 0 Å². The van der Waals surface area contributed by atoms with Crippen LogP contribution >= 0.6 is 0 Å². The van der Waals surface area contributed by atoms with Gasteiger partial charge in [0.15, 0.2) is 0 Å². The van der Waals surface area contributed by atoms with Crippen LogP contribution in [0, 0.1) is 0 Å². The Hall–Kier alpha value is -0.840. The molecule has 0 atom stereocenters. The van der Waals surface area contributed by atoms with Crippen LogP contribution < -0.4 is 10.1 Å². The van der Waals surface area contributed by atoms with Crippen LogP contribution in [-0.4, -0.2) is 48.4 Å². The first kappa shape index (κ1) is 11.2. The fraction of sp³-hybridized carbons (Fsp3) is 0.111. The Morgan fingerprint density at radius 3 is 2.64 bits per heavy atom. The number of nitrogens with one attached hydrogen (secondary N) is 1. The van der Waals surface area contributed by atoms with Gasteiger partial charge in [-0.3, -0.25) is 9.59 Å². The van der Waals surface area contributed by atoms with Crippen LogP contribution in [0.1, 0.15) is 10.4 Å². The quantitative estimate of drug-likeness (QED) is 0.529. The van der Waals surface area contributed by atoms with Crippen molar-refractivity contribution in [3.05, 3.63) is 23.8 Å². The molecule has 0 bridgehead atoms. The number of ether oxygens (including phenoxy) is 1. The summed E-state index contributed by atoms with van der Waals surface area (Å²) >= 11 is 0. The van der Waals surface area contributed by atoms with Gasteiger partial charge >= 0.3 is 0 Å². The van der Waals surface area contributed by atoms with E-state index in [2.05, 4.69) is 5.32 Å². The zero-order chi connectivity index (χ0) is 9.42. The first-order valence-corrected chi connectivity index (χ1v) is 3.76. The van der Waals surface area contributed by atoms with E-state index in [-0.39, 0.29) is 29.6 Å². The average molecular weight is 200 g/mol. The summed E-state index contributed by atoms with van der Waals surface area (Å²) in [5.74, 6) is -0.513. The van der Waals surface area contributed by atoms with Crippen molar-refractivity contribution < 1.29 is 14.3 Å². The van der Waals surface area contributed by atoms with Gasteiger partial charge in [0.1, 0.15) is 5.75 Å². The molecule has 2 rings (SSSR count). The van der Waals surface area contributed by atoms with Gasteiger partial charge in [-0.15, -0.1) is 0 Å². The molecule has 1 aliphatic heterocycles. The number of hydrogen-bond acceptors (Lipinski definition) is 3. The number of Topliss-reactive ketones (excluding diaryl/α,β-unsaturated/α-hetero) is 1. The van der Waals surface area contributed by atoms with E-state index in [1.54, 1.807) is 18.2 Å². The van der Waals surface area contributed by atoms with Gasteiger partial charge in [0, 0.05) is 29.6 Å². The van der Waals surface area contributed by atoms with E-state index in [9.17, 15) is 9.59 Å². The standard InChI is InChI=1S/C9H7NO3.Na/c1-13-5-2-3-7-6(4-5)8(11)9(12)10-7;/h2-4H,1H3,(H,10,11,12);. The number of fused-ring (bicyclic) bond motifs is 1. The van der Waals surface area contributed by atoms with Crippen molar-refractivity contribution in [2.45, 2.75) is 0 Å². The topological polar surface area (TPSA) is 55.4 Å². The van der Waals surface area contributed by atoms with E-state index in [0.29, 0.717) is 17.0 Å². The molecule has 1 heterocycles. The maximum atomic E-state index is 11.2. The summed E-state index contributed by atoms with van der Waals surface area (Å²) in [6.45, 7) is 0. The van der Waals surface area contributed by atoms with Gasteiger partial charge in [0.05, 0.1) is 18.4 Å². The maximum Gasteiger partial charge on any atom is 0.296 e. The summed E-state index contributed by atoms with van der Waals surface area (Å²) in [7, 11) is 1.51. The van der Waals surface area contributed by atoms with Gasteiger partial charge in [-0.2, -0.15) is 0 Å². The summed E-state index contributed by atoms with van der Waals surface area (Å²) in [6, 6.07) is 4.89. The molecule has 0 saturated carbocycles. The van der Waals surface area contributed by atoms with Crippen LogP contribution in [0.3, 0.4) is 0 Å². The molecule has 0 fully saturated rings. The van der Waals surface area contributed by atoms with Gasteiger partial charge in [0.25, 0.3) is 11.7 Å². The minimum Gasteiger partial charge on any atom is -0.497 e. The van der Waals surface area contributed by atoms with Crippen molar-refractivity contribution in [2.24, 2.45) is 0 Å². The molecule has 1 amide bonds. The average Bonchev–Trinajstić information content (AvgIpc) is 2.43. The predicted octanol–water partition coefficient (Wildman–Crippen LogP) is 0.449. The Balaban J connectivity index is 0.000000980. The molecular formula is C9H7NNaO3. The molecule has 0 unspecified atom stereocenters. The van der Waals surface area contributed by atoms with Crippen LogP contribution in [0.5, 0.6) is 5.75 Å². The summed E-state index contributed by atoms with van der Waals surface area (Å²) < 4.78 is 4.93. The molecule has 14 heavy (non-hydrogen) atoms. The molecule has 4 nitrogen and oxygen atoms in total. The second-order valence-electron chi connectivity index (χ2n) is 2.69. The Morgan fingerprint density at radius 2 is 2.00 bits per heavy atom. The monoisotopic (exact) mass is 200 g/mol. The minimum absolute atomic E-state index is 0. The largest absolute Gasteiger partial charge is 0.497 e. The first-order valence-electron chi connectivity index (χ1n) is 3.76. The summed E-state index contributed by atoms with van der Waals surface area (Å²) in [6.07, 6.45) is 0. The summed E-state index contributed by atoms with van der Waals surface area (Å²) in [5.41, 5.74) is 0.931. The number of methoxy groups -OCH3 is 1. The molecule has 1 aromatic rings. The number of amides is 1. The molecule has 1 aliphatic rings. The molecule has 67 valence electrons. The fourth-order valence-electron chi connectivity index (χ4n) is 1.25. The second-order valence-corrected chi connectivity index (χ2v) is 2.69. The number of hydrogen-bond donors (Lipinski definition) is 1. The van der Waals surface area contributed by atoms with Crippen molar-refractivity contribution in [3.8, 4) is 5.75 Å². The predicted molar refractivity (Wildman–Crippen MR) is 51.7 cm³/mol. The van der Waals surface area contributed by atoms with Gasteiger partial charge < -0.3 is 10.1 Å². The molecule has 1 radical (unpaired) electrons. The zero-order valence-electron chi connectivity index (χ0n) is 7.96. The molecule has 0 spiro atoms. The van der Waals surface area contributed by atoms with Crippen LogP contribution in [0.4, 0.5) is 5.69 Å². The summed E-state index contributed by atoms with van der Waals surface area (Å²) in [5, 5.41) is 2.45. The molecule has 1 aromatic carbocycles. The number of rotatable bonds is 1. The van der Waals surface area contributed by atoms with Crippen molar-refractivity contribution in [1.29, 1.82) is 0 Å². The fourth-order valence-corrected chi connectivity index (χ4v) is 1.25. The van der Waals surface area contributed by atoms with Gasteiger partial charge in [-0.05, 0) is 18.2 Å². The number of benzene rings is 1. The third-order valence-corrected chi connectivity index (χ3v) is 1.93. The Labute approximate surface area is 103 Å². The third kappa shape index (κ3) is 1.68. The number of carbonyl (C=O) groups excluding carboxylic acids is 2. The van der Waals surface area contributed by atoms with Crippen molar-refractivity contribution >= 4 is 46.9 Å². The van der Waals surface area contributed by atoms with E-state index in [1.807, 2.05) is 0 Å². The smallest absolute Gasteiger partial charge is 0.296 e. The molecule has 0 aromatic heterocycles. The molecule has 0 saturated heterocycles. The zero-order valence-corrected chi connectivity index (χ0v) is 9.96. The molecular weight excluding hydrogens is 193 g/mol. The molecule has 1 N–H and O–H groups in total. The maximum absolute atomic E-state index is 11.2. The molecule has 0 aliphatic carbocycles. The first-order chi connectivity index (χ1) is 6.22. The number of ketones is 1. The van der Waals surface area contributed by atoms with E-state index in [0.717, 1.165) is 0 Å². The minimum atomic E-state index is -0.580. The van der Waals surface area contributed by atoms with Crippen molar-refractivity contribution in [1.82, 2.24) is 0 Å². The molecule has 5 heteroatoms. The van der Waals surface area contributed by atoms with Crippen molar-refractivity contribution in [3.63, 3.8) is 0 Å². The van der Waals surface area contributed by atoms with Crippen LogP contribution in [0.25, 0.3) is 0 Å². The SMILES string of the molecule is COc1ccc2c(c1)C(=O)C(=O)N2.[Na]. The normalized spacial score (nSPS) is 12.9. The Morgan fingerprint density at radius 1 is 1.29 bits per heavy atom. The number of anilines is 1. The van der Waals surface area contributed by atoms with Crippen LogP contribution in [0.15, 0.2) is 18.2 Å². The van der Waals surface area contributed by atoms with E-state index in [1.165, 1.54) is 7.11 Å². The number of carbonyl (C=O) groups is 2. The van der Waals surface area contributed by atoms with E-state index < -0.39 is 11.7 Å². The Kier molecular flexibility index (Phi) is 3.31. The van der Waals surface area contributed by atoms with Gasteiger partial charge in [0.2, 0.25) is 0 Å². The van der Waals surface area contributed by atoms with Gasteiger partial charge in [-0.25, -0.2) is 0 Å². The van der Waals surface area contributed by atoms with Crippen molar-refractivity contribution in [2.75, 3.05) is 12.4 Å². The van der Waals surface area contributed by atoms with E-state index >= 15 is 0 Å². The van der Waals surface area contributed by atoms with Crippen LogP contribution in [-0.2, 0) is 4.79 Å².